The quantitative estimate of drug-likeness (QED) is 0.764. The maximum absolute atomic E-state index is 3.81. The average Bonchev–Trinajstić information content (AvgIpc) is 2.40. The molecule has 1 aliphatic heterocycles. The molecular formula is C17H25NO. The maximum atomic E-state index is 3.81. The van der Waals surface area contributed by atoms with Gasteiger partial charge in [0.1, 0.15) is 0 Å². The van der Waals surface area contributed by atoms with Crippen molar-refractivity contribution >= 4 is 0 Å². The lowest BCUT2D eigenvalue weighted by atomic mass is 9.52. The summed E-state index contributed by atoms with van der Waals surface area (Å²) >= 11 is 0. The molecule has 0 amide bonds. The Labute approximate surface area is 115 Å². The van der Waals surface area contributed by atoms with Crippen molar-refractivity contribution < 1.29 is 5.48 Å². The zero-order chi connectivity index (χ0) is 12.2. The molecule has 2 bridgehead atoms. The lowest BCUT2D eigenvalue weighted by molar-refractivity contribution is 0.0796. The Morgan fingerprint density at radius 1 is 1.21 bits per heavy atom. The molecule has 104 valence electrons. The van der Waals surface area contributed by atoms with Crippen LogP contribution >= 0.6 is 0 Å². The smallest absolute Gasteiger partial charge is 0.0144 e. The number of hydrogen-bond donors (Lipinski definition) is 1. The summed E-state index contributed by atoms with van der Waals surface area (Å²) in [6.45, 7) is 3.53. The van der Waals surface area contributed by atoms with Crippen LogP contribution in [0.25, 0.3) is 0 Å². The molecular weight excluding hydrogens is 234 g/mol. The van der Waals surface area contributed by atoms with Crippen LogP contribution in [0.5, 0.6) is 0 Å². The Morgan fingerprint density at radius 2 is 2.11 bits per heavy atom. The Kier molecular flexibility index (Phi) is 3.18. The molecule has 1 aromatic carbocycles. The van der Waals surface area contributed by atoms with Crippen LogP contribution in [0.3, 0.4) is 0 Å². The number of hydrogen-bond acceptors (Lipinski definition) is 1. The second kappa shape index (κ2) is 4.60. The van der Waals surface area contributed by atoms with Gasteiger partial charge in [0.2, 0.25) is 0 Å². The zero-order valence-electron chi connectivity index (χ0n) is 11.8. The van der Waals surface area contributed by atoms with E-state index in [0.717, 1.165) is 12.0 Å². The van der Waals surface area contributed by atoms with Gasteiger partial charge in [-0.25, -0.2) is 0 Å². The molecule has 19 heavy (non-hydrogen) atoms. The first-order valence-corrected chi connectivity index (χ1v) is 7.64. The summed E-state index contributed by atoms with van der Waals surface area (Å²) in [4.78, 5) is 0. The summed E-state index contributed by atoms with van der Waals surface area (Å²) < 4.78 is 0. The highest BCUT2D eigenvalue weighted by Gasteiger charge is 2.51. The average molecular weight is 259 g/mol. The van der Waals surface area contributed by atoms with Crippen LogP contribution in [0.4, 0.5) is 0 Å². The van der Waals surface area contributed by atoms with Gasteiger partial charge in [-0.15, -0.1) is 0 Å². The van der Waals surface area contributed by atoms with E-state index in [1.165, 1.54) is 50.6 Å². The van der Waals surface area contributed by atoms with Gasteiger partial charge in [0.15, 0.2) is 0 Å². The van der Waals surface area contributed by atoms with Gasteiger partial charge in [0, 0.05) is 11.5 Å². The van der Waals surface area contributed by atoms with Crippen molar-refractivity contribution in [2.75, 3.05) is 6.54 Å². The fourth-order valence-corrected chi connectivity index (χ4v) is 5.13. The van der Waals surface area contributed by atoms with Gasteiger partial charge < -0.3 is 10.8 Å². The number of aryl methyl sites for hydroxylation is 1. The Morgan fingerprint density at radius 3 is 3.00 bits per heavy atom. The molecule has 0 unspecified atom stereocenters. The van der Waals surface area contributed by atoms with Crippen LogP contribution in [-0.2, 0) is 11.8 Å². The number of benzene rings is 1. The first-order valence-electron chi connectivity index (χ1n) is 7.64. The standard InChI is InChI=1S/C17H23N.H2O/c1-12-5-4-7-14-13(12)11-16-15-6-2-3-8-17(14,15)9-10-18-16;/h4-5,7,15-16,18H,2-3,6,8-11H2,1H3;1H2/t15-,16+,17-;/m0./s1. The third-order valence-corrected chi connectivity index (χ3v) is 5.93. The molecule has 2 aliphatic carbocycles. The van der Waals surface area contributed by atoms with Crippen LogP contribution in [0, 0.1) is 12.8 Å². The number of fused-ring (bicyclic) bond motifs is 1. The zero-order valence-corrected chi connectivity index (χ0v) is 11.8. The van der Waals surface area contributed by atoms with Crippen LogP contribution in [0.2, 0.25) is 0 Å². The molecule has 2 nitrogen and oxygen atoms in total. The van der Waals surface area contributed by atoms with E-state index in [9.17, 15) is 0 Å². The largest absolute Gasteiger partial charge is 0.412 e. The van der Waals surface area contributed by atoms with Gasteiger partial charge in [-0.3, -0.25) is 0 Å². The number of piperidine rings is 1. The van der Waals surface area contributed by atoms with E-state index in [1.807, 2.05) is 0 Å². The number of rotatable bonds is 0. The third-order valence-electron chi connectivity index (χ3n) is 5.93. The molecule has 3 N–H and O–H groups in total. The molecule has 2 heteroatoms. The van der Waals surface area contributed by atoms with Crippen molar-refractivity contribution in [3.8, 4) is 0 Å². The second-order valence-corrected chi connectivity index (χ2v) is 6.62. The topological polar surface area (TPSA) is 43.5 Å². The Hall–Kier alpha value is -0.860. The van der Waals surface area contributed by atoms with E-state index >= 15 is 0 Å². The van der Waals surface area contributed by atoms with Crippen LogP contribution in [0.1, 0.15) is 48.8 Å². The molecule has 1 saturated carbocycles. The van der Waals surface area contributed by atoms with Crippen LogP contribution in [0.15, 0.2) is 18.2 Å². The van der Waals surface area contributed by atoms with E-state index in [0.29, 0.717) is 5.41 Å². The van der Waals surface area contributed by atoms with E-state index < -0.39 is 0 Å². The molecule has 1 aromatic rings. The minimum Gasteiger partial charge on any atom is -0.412 e. The second-order valence-electron chi connectivity index (χ2n) is 6.62. The Bertz CT molecular complexity index is 480. The van der Waals surface area contributed by atoms with Gasteiger partial charge >= 0.3 is 0 Å². The fraction of sp³-hybridized carbons (Fsp3) is 0.647. The summed E-state index contributed by atoms with van der Waals surface area (Å²) in [7, 11) is 0. The third kappa shape index (κ3) is 1.70. The van der Waals surface area contributed by atoms with Crippen LogP contribution < -0.4 is 5.32 Å². The molecule has 3 aliphatic rings. The normalized spacial score (nSPS) is 35.8. The minimum absolute atomic E-state index is 0. The van der Waals surface area contributed by atoms with E-state index in [2.05, 4.69) is 30.4 Å². The van der Waals surface area contributed by atoms with Gasteiger partial charge in [-0.1, -0.05) is 31.0 Å². The van der Waals surface area contributed by atoms with Crippen molar-refractivity contribution in [1.82, 2.24) is 5.32 Å². The summed E-state index contributed by atoms with van der Waals surface area (Å²) in [5, 5.41) is 3.81. The van der Waals surface area contributed by atoms with Gasteiger partial charge in [0.25, 0.3) is 0 Å². The highest BCUT2D eigenvalue weighted by molar-refractivity contribution is 5.45. The Balaban J connectivity index is 0.00000110. The predicted octanol–water partition coefficient (Wildman–Crippen LogP) is 2.52. The maximum Gasteiger partial charge on any atom is 0.0144 e. The van der Waals surface area contributed by atoms with Crippen molar-refractivity contribution in [2.24, 2.45) is 5.92 Å². The molecule has 3 atom stereocenters. The fourth-order valence-electron chi connectivity index (χ4n) is 5.13. The van der Waals surface area contributed by atoms with Crippen LogP contribution in [-0.4, -0.2) is 18.1 Å². The predicted molar refractivity (Wildman–Crippen MR) is 78.5 cm³/mol. The molecule has 2 fully saturated rings. The lowest BCUT2D eigenvalue weighted by Gasteiger charge is -2.56. The van der Waals surface area contributed by atoms with Gasteiger partial charge in [-0.05, 0) is 61.8 Å². The molecule has 0 spiro atoms. The minimum atomic E-state index is 0. The summed E-state index contributed by atoms with van der Waals surface area (Å²) in [6.07, 6.45) is 8.42. The van der Waals surface area contributed by atoms with Gasteiger partial charge in [0.05, 0.1) is 0 Å². The highest BCUT2D eigenvalue weighted by atomic mass is 16.0. The molecule has 4 rings (SSSR count). The van der Waals surface area contributed by atoms with E-state index in [1.54, 1.807) is 11.1 Å². The van der Waals surface area contributed by atoms with Crippen molar-refractivity contribution in [3.63, 3.8) is 0 Å². The monoisotopic (exact) mass is 259 g/mol. The molecule has 0 aromatic heterocycles. The SMILES string of the molecule is Cc1cccc2c1C[C@H]1NCC[C@@]23CCCC[C@@H]13.O. The van der Waals surface area contributed by atoms with Crippen molar-refractivity contribution in [3.05, 3.63) is 34.9 Å². The highest BCUT2D eigenvalue weighted by Crippen LogP contribution is 2.54. The number of nitrogens with one attached hydrogen (secondary N) is 1. The molecule has 1 heterocycles. The molecule has 1 saturated heterocycles. The molecule has 0 radical (unpaired) electrons. The van der Waals surface area contributed by atoms with Crippen molar-refractivity contribution in [2.45, 2.75) is 56.9 Å². The summed E-state index contributed by atoms with van der Waals surface area (Å²) in [5.41, 5.74) is 5.45. The van der Waals surface area contributed by atoms with E-state index in [-0.39, 0.29) is 5.48 Å². The first kappa shape index (κ1) is 13.1. The lowest BCUT2D eigenvalue weighted by Crippen LogP contribution is -2.59. The van der Waals surface area contributed by atoms with Gasteiger partial charge in [-0.2, -0.15) is 0 Å². The summed E-state index contributed by atoms with van der Waals surface area (Å²) in [5.74, 6) is 0.911. The van der Waals surface area contributed by atoms with E-state index in [4.69, 9.17) is 0 Å². The first-order chi connectivity index (χ1) is 8.81. The van der Waals surface area contributed by atoms with Crippen molar-refractivity contribution in [1.29, 1.82) is 0 Å². The summed E-state index contributed by atoms with van der Waals surface area (Å²) in [6, 6.07) is 7.79.